The Bertz CT molecular complexity index is 975. The van der Waals surface area contributed by atoms with Gasteiger partial charge in [-0.2, -0.15) is 0 Å². The maximum atomic E-state index is 13.1. The number of allylic oxidation sites excluding steroid dienone is 1. The molecule has 0 saturated heterocycles. The number of Topliss-reactive ketones (excluding diaryl/α,β-unsaturated/α-hetero) is 1. The molecule has 3 heterocycles. The van der Waals surface area contributed by atoms with Crippen molar-refractivity contribution in [3.05, 3.63) is 71.3 Å². The van der Waals surface area contributed by atoms with Crippen LogP contribution in [-0.2, 0) is 4.79 Å². The Morgan fingerprint density at radius 1 is 1.00 bits per heavy atom. The largest absolute Gasteiger partial charge is 0.469 e. The first-order valence-electron chi connectivity index (χ1n) is 8.50. The second-order valence-electron chi connectivity index (χ2n) is 6.51. The Hall–Kier alpha value is -3.35. The molecule has 0 saturated carbocycles. The zero-order valence-electron chi connectivity index (χ0n) is 13.8. The Balaban J connectivity index is 1.62. The maximum Gasteiger partial charge on any atom is 0.219 e. The molecule has 2 atom stereocenters. The Morgan fingerprint density at radius 2 is 1.85 bits per heavy atom. The van der Waals surface area contributed by atoms with Gasteiger partial charge >= 0.3 is 0 Å². The van der Waals surface area contributed by atoms with E-state index in [0.717, 1.165) is 22.6 Å². The highest BCUT2D eigenvalue weighted by molar-refractivity contribution is 6.00. The molecule has 0 amide bonds. The van der Waals surface area contributed by atoms with Crippen molar-refractivity contribution in [2.75, 3.05) is 10.6 Å². The van der Waals surface area contributed by atoms with Gasteiger partial charge < -0.3 is 15.1 Å². The van der Waals surface area contributed by atoms with Crippen LogP contribution < -0.4 is 10.6 Å². The molecule has 1 aliphatic carbocycles. The van der Waals surface area contributed by atoms with Gasteiger partial charge in [-0.3, -0.25) is 4.79 Å². The number of furan rings is 1. The number of aromatic nitrogens is 2. The summed E-state index contributed by atoms with van der Waals surface area (Å²) < 4.78 is 10.4. The lowest BCUT2D eigenvalue weighted by Gasteiger charge is -2.28. The summed E-state index contributed by atoms with van der Waals surface area (Å²) in [6.07, 6.45) is 2.71. The summed E-state index contributed by atoms with van der Waals surface area (Å²) in [7, 11) is 0. The average molecular weight is 348 g/mol. The third kappa shape index (κ3) is 2.40. The van der Waals surface area contributed by atoms with Crippen LogP contribution in [0.5, 0.6) is 0 Å². The highest BCUT2D eigenvalue weighted by Crippen LogP contribution is 2.43. The monoisotopic (exact) mass is 348 g/mol. The average Bonchev–Trinajstić information content (AvgIpc) is 3.31. The SMILES string of the molecule is O=C1C[C@H](c2ccco2)CC2=C1[C@@H](c1ccccc1)Nc1nonc1N2. The van der Waals surface area contributed by atoms with E-state index in [1.807, 2.05) is 42.5 Å². The van der Waals surface area contributed by atoms with E-state index in [1.165, 1.54) is 0 Å². The number of anilines is 2. The Labute approximate surface area is 149 Å². The zero-order chi connectivity index (χ0) is 17.5. The van der Waals surface area contributed by atoms with Crippen LogP contribution in [0.25, 0.3) is 0 Å². The summed E-state index contributed by atoms with van der Waals surface area (Å²) in [6, 6.07) is 13.3. The number of rotatable bonds is 2. The molecule has 3 aromatic rings. The third-order valence-corrected chi connectivity index (χ3v) is 4.91. The van der Waals surface area contributed by atoms with Crippen molar-refractivity contribution in [1.82, 2.24) is 10.3 Å². The fourth-order valence-corrected chi connectivity index (χ4v) is 3.72. The van der Waals surface area contributed by atoms with Gasteiger partial charge in [-0.15, -0.1) is 0 Å². The van der Waals surface area contributed by atoms with Crippen molar-refractivity contribution < 1.29 is 13.8 Å². The highest BCUT2D eigenvalue weighted by Gasteiger charge is 2.37. The van der Waals surface area contributed by atoms with Gasteiger partial charge in [0, 0.05) is 23.6 Å². The summed E-state index contributed by atoms with van der Waals surface area (Å²) in [4.78, 5) is 13.1. The molecule has 5 rings (SSSR count). The van der Waals surface area contributed by atoms with E-state index < -0.39 is 0 Å². The molecule has 7 heteroatoms. The second-order valence-corrected chi connectivity index (χ2v) is 6.51. The van der Waals surface area contributed by atoms with E-state index in [1.54, 1.807) is 6.26 Å². The van der Waals surface area contributed by atoms with Crippen molar-refractivity contribution in [3.8, 4) is 0 Å². The lowest BCUT2D eigenvalue weighted by atomic mass is 9.80. The van der Waals surface area contributed by atoms with Crippen LogP contribution in [0.4, 0.5) is 11.6 Å². The quantitative estimate of drug-likeness (QED) is 0.730. The van der Waals surface area contributed by atoms with E-state index in [0.29, 0.717) is 24.5 Å². The van der Waals surface area contributed by atoms with Gasteiger partial charge in [0.25, 0.3) is 0 Å². The standard InChI is InChI=1S/C19H16N4O3/c24-14-10-12(15-7-4-8-25-15)9-13-16(14)17(11-5-2-1-3-6-11)21-19-18(20-13)22-26-23-19/h1-8,12,17H,9-10H2,(H,20,22)(H,21,23)/t12-,17-/m1/s1. The predicted molar refractivity (Wildman–Crippen MR) is 93.4 cm³/mol. The molecule has 2 aliphatic rings. The summed E-state index contributed by atoms with van der Waals surface area (Å²) in [6.45, 7) is 0. The van der Waals surface area contributed by atoms with Crippen molar-refractivity contribution in [1.29, 1.82) is 0 Å². The zero-order valence-corrected chi connectivity index (χ0v) is 13.8. The number of nitrogens with one attached hydrogen (secondary N) is 2. The molecule has 0 spiro atoms. The summed E-state index contributed by atoms with van der Waals surface area (Å²) in [5, 5.41) is 14.4. The number of fused-ring (bicyclic) bond motifs is 1. The van der Waals surface area contributed by atoms with Crippen molar-refractivity contribution >= 4 is 17.4 Å². The number of hydrogen-bond acceptors (Lipinski definition) is 7. The minimum atomic E-state index is -0.308. The number of ketones is 1. The molecule has 26 heavy (non-hydrogen) atoms. The van der Waals surface area contributed by atoms with Crippen LogP contribution in [-0.4, -0.2) is 16.1 Å². The molecular formula is C19H16N4O3. The number of carbonyl (C=O) groups excluding carboxylic acids is 1. The molecule has 0 radical (unpaired) electrons. The topological polar surface area (TPSA) is 93.2 Å². The van der Waals surface area contributed by atoms with Crippen LogP contribution in [0, 0.1) is 0 Å². The van der Waals surface area contributed by atoms with E-state index in [-0.39, 0.29) is 17.7 Å². The second kappa shape index (κ2) is 5.87. The van der Waals surface area contributed by atoms with Crippen LogP contribution in [0.2, 0.25) is 0 Å². The Morgan fingerprint density at radius 3 is 2.65 bits per heavy atom. The molecule has 1 aliphatic heterocycles. The van der Waals surface area contributed by atoms with Crippen LogP contribution >= 0.6 is 0 Å². The molecule has 7 nitrogen and oxygen atoms in total. The van der Waals surface area contributed by atoms with Crippen LogP contribution in [0.1, 0.15) is 36.1 Å². The summed E-state index contributed by atoms with van der Waals surface area (Å²) in [5.74, 6) is 1.89. The van der Waals surface area contributed by atoms with Gasteiger partial charge in [-0.05, 0) is 34.4 Å². The van der Waals surface area contributed by atoms with Gasteiger partial charge in [0.15, 0.2) is 5.78 Å². The highest BCUT2D eigenvalue weighted by atomic mass is 16.6. The van der Waals surface area contributed by atoms with Gasteiger partial charge in [-0.25, -0.2) is 4.63 Å². The van der Waals surface area contributed by atoms with Crippen molar-refractivity contribution in [3.63, 3.8) is 0 Å². The van der Waals surface area contributed by atoms with E-state index in [2.05, 4.69) is 20.9 Å². The number of carbonyl (C=O) groups is 1. The van der Waals surface area contributed by atoms with Crippen molar-refractivity contribution in [2.24, 2.45) is 0 Å². The molecule has 1 aromatic carbocycles. The molecular weight excluding hydrogens is 332 g/mol. The first kappa shape index (κ1) is 14.9. The fraction of sp³-hybridized carbons (Fsp3) is 0.211. The molecule has 2 aromatic heterocycles. The minimum Gasteiger partial charge on any atom is -0.469 e. The normalized spacial score (nSPS) is 22.1. The maximum absolute atomic E-state index is 13.1. The van der Waals surface area contributed by atoms with E-state index in [4.69, 9.17) is 9.05 Å². The fourth-order valence-electron chi connectivity index (χ4n) is 3.72. The van der Waals surface area contributed by atoms with Gasteiger partial charge in [0.2, 0.25) is 11.6 Å². The number of nitrogens with zero attached hydrogens (tertiary/aromatic N) is 2. The molecule has 0 fully saturated rings. The van der Waals surface area contributed by atoms with Gasteiger partial charge in [0.05, 0.1) is 12.3 Å². The number of benzene rings is 1. The van der Waals surface area contributed by atoms with Crippen LogP contribution in [0.3, 0.4) is 0 Å². The smallest absolute Gasteiger partial charge is 0.219 e. The summed E-state index contributed by atoms with van der Waals surface area (Å²) >= 11 is 0. The van der Waals surface area contributed by atoms with Gasteiger partial charge in [0.1, 0.15) is 5.76 Å². The lowest BCUT2D eigenvalue weighted by Crippen LogP contribution is -2.26. The molecule has 0 bridgehead atoms. The summed E-state index contributed by atoms with van der Waals surface area (Å²) in [5.41, 5.74) is 2.54. The van der Waals surface area contributed by atoms with Crippen molar-refractivity contribution in [2.45, 2.75) is 24.8 Å². The third-order valence-electron chi connectivity index (χ3n) is 4.91. The molecule has 2 N–H and O–H groups in total. The molecule has 0 unspecified atom stereocenters. The Kier molecular flexibility index (Phi) is 3.38. The van der Waals surface area contributed by atoms with Crippen LogP contribution in [0.15, 0.2) is 69.0 Å². The minimum absolute atomic E-state index is 0.00147. The molecule has 130 valence electrons. The van der Waals surface area contributed by atoms with Gasteiger partial charge in [-0.1, -0.05) is 30.3 Å². The van der Waals surface area contributed by atoms with E-state index in [9.17, 15) is 4.79 Å². The first-order valence-corrected chi connectivity index (χ1v) is 8.50. The first-order chi connectivity index (χ1) is 12.8. The van der Waals surface area contributed by atoms with E-state index >= 15 is 0 Å². The number of hydrogen-bond donors (Lipinski definition) is 2. The predicted octanol–water partition coefficient (Wildman–Crippen LogP) is 3.64. The lowest BCUT2D eigenvalue weighted by molar-refractivity contribution is -0.116.